The SMILES string of the molecule is Nc1ccc(CCNC(=O)CCc2ccsc2)cc1. The smallest absolute Gasteiger partial charge is 0.220 e. The predicted octanol–water partition coefficient (Wildman–Crippen LogP) is 2.62. The molecule has 2 aromatic rings. The highest BCUT2D eigenvalue weighted by molar-refractivity contribution is 7.07. The third-order valence-corrected chi connectivity index (χ3v) is 3.67. The molecule has 3 N–H and O–H groups in total. The van der Waals surface area contributed by atoms with E-state index in [1.54, 1.807) is 11.3 Å². The van der Waals surface area contributed by atoms with E-state index in [9.17, 15) is 4.79 Å². The number of nitrogen functional groups attached to an aromatic ring is 1. The van der Waals surface area contributed by atoms with Crippen molar-refractivity contribution < 1.29 is 4.79 Å². The van der Waals surface area contributed by atoms with E-state index in [0.29, 0.717) is 13.0 Å². The Balaban J connectivity index is 1.65. The molecule has 4 heteroatoms. The van der Waals surface area contributed by atoms with Gasteiger partial charge in [0, 0.05) is 18.7 Å². The van der Waals surface area contributed by atoms with Crippen LogP contribution in [-0.2, 0) is 17.6 Å². The van der Waals surface area contributed by atoms with Gasteiger partial charge in [-0.3, -0.25) is 4.79 Å². The molecule has 0 aliphatic carbocycles. The molecule has 0 spiro atoms. The Morgan fingerprint density at radius 1 is 1.11 bits per heavy atom. The van der Waals surface area contributed by atoms with Gasteiger partial charge in [-0.15, -0.1) is 0 Å². The second-order valence-electron chi connectivity index (χ2n) is 4.47. The fourth-order valence-corrected chi connectivity index (χ4v) is 2.51. The van der Waals surface area contributed by atoms with Gasteiger partial charge in [0.25, 0.3) is 0 Å². The van der Waals surface area contributed by atoms with Crippen molar-refractivity contribution >= 4 is 22.9 Å². The number of thiophene rings is 1. The molecular weight excluding hydrogens is 256 g/mol. The molecule has 0 saturated heterocycles. The van der Waals surface area contributed by atoms with Crippen LogP contribution < -0.4 is 11.1 Å². The van der Waals surface area contributed by atoms with Crippen LogP contribution in [0.5, 0.6) is 0 Å². The van der Waals surface area contributed by atoms with Crippen molar-refractivity contribution in [3.8, 4) is 0 Å². The quantitative estimate of drug-likeness (QED) is 0.796. The average Bonchev–Trinajstić information content (AvgIpc) is 2.92. The van der Waals surface area contributed by atoms with Crippen LogP contribution in [-0.4, -0.2) is 12.5 Å². The standard InChI is InChI=1S/C15H18N2OS/c16-14-4-1-12(2-5-14)7-9-17-15(18)6-3-13-8-10-19-11-13/h1-2,4-5,8,10-11H,3,6-7,9,16H2,(H,17,18). The van der Waals surface area contributed by atoms with Crippen molar-refractivity contribution in [2.75, 3.05) is 12.3 Å². The van der Waals surface area contributed by atoms with E-state index in [4.69, 9.17) is 5.73 Å². The second-order valence-corrected chi connectivity index (χ2v) is 5.25. The summed E-state index contributed by atoms with van der Waals surface area (Å²) in [5, 5.41) is 7.06. The lowest BCUT2D eigenvalue weighted by molar-refractivity contribution is -0.121. The number of amides is 1. The van der Waals surface area contributed by atoms with E-state index >= 15 is 0 Å². The number of nitrogens with two attached hydrogens (primary N) is 1. The number of rotatable bonds is 6. The largest absolute Gasteiger partial charge is 0.399 e. The molecule has 1 amide bonds. The Morgan fingerprint density at radius 3 is 2.58 bits per heavy atom. The van der Waals surface area contributed by atoms with Crippen molar-refractivity contribution in [3.63, 3.8) is 0 Å². The first-order valence-electron chi connectivity index (χ1n) is 6.36. The zero-order valence-electron chi connectivity index (χ0n) is 10.8. The Bertz CT molecular complexity index is 505. The molecule has 0 fully saturated rings. The zero-order valence-corrected chi connectivity index (χ0v) is 11.6. The van der Waals surface area contributed by atoms with E-state index in [0.717, 1.165) is 18.5 Å². The second kappa shape index (κ2) is 6.95. The van der Waals surface area contributed by atoms with Crippen LogP contribution in [0.25, 0.3) is 0 Å². The first-order valence-corrected chi connectivity index (χ1v) is 7.30. The molecule has 0 aliphatic rings. The summed E-state index contributed by atoms with van der Waals surface area (Å²) < 4.78 is 0. The minimum absolute atomic E-state index is 0.113. The average molecular weight is 274 g/mol. The topological polar surface area (TPSA) is 55.1 Å². The van der Waals surface area contributed by atoms with Crippen LogP contribution in [0, 0.1) is 0 Å². The molecule has 0 unspecified atom stereocenters. The number of aryl methyl sites for hydroxylation is 1. The van der Waals surface area contributed by atoms with Crippen LogP contribution in [0.3, 0.4) is 0 Å². The Labute approximate surface area is 117 Å². The van der Waals surface area contributed by atoms with Crippen molar-refractivity contribution in [3.05, 3.63) is 52.2 Å². The van der Waals surface area contributed by atoms with Crippen LogP contribution in [0.2, 0.25) is 0 Å². The minimum atomic E-state index is 0.113. The van der Waals surface area contributed by atoms with Crippen molar-refractivity contribution in [1.82, 2.24) is 5.32 Å². The molecule has 0 saturated carbocycles. The molecular formula is C15H18N2OS. The summed E-state index contributed by atoms with van der Waals surface area (Å²) in [6, 6.07) is 9.81. The summed E-state index contributed by atoms with van der Waals surface area (Å²) in [5.74, 6) is 0.113. The number of carbonyl (C=O) groups is 1. The molecule has 2 rings (SSSR count). The van der Waals surface area contributed by atoms with Gasteiger partial charge in [-0.25, -0.2) is 0 Å². The fourth-order valence-electron chi connectivity index (χ4n) is 1.81. The highest BCUT2D eigenvalue weighted by Crippen LogP contribution is 2.08. The number of nitrogens with one attached hydrogen (secondary N) is 1. The maximum Gasteiger partial charge on any atom is 0.220 e. The minimum Gasteiger partial charge on any atom is -0.399 e. The molecule has 19 heavy (non-hydrogen) atoms. The third kappa shape index (κ3) is 4.75. The van der Waals surface area contributed by atoms with Crippen LogP contribution in [0.4, 0.5) is 5.69 Å². The van der Waals surface area contributed by atoms with E-state index < -0.39 is 0 Å². The van der Waals surface area contributed by atoms with Gasteiger partial charge in [0.2, 0.25) is 5.91 Å². The third-order valence-electron chi connectivity index (χ3n) is 2.94. The van der Waals surface area contributed by atoms with Gasteiger partial charge in [-0.2, -0.15) is 11.3 Å². The zero-order chi connectivity index (χ0) is 13.5. The summed E-state index contributed by atoms with van der Waals surface area (Å²) in [5.41, 5.74) is 8.81. The molecule has 0 radical (unpaired) electrons. The van der Waals surface area contributed by atoms with Crippen LogP contribution in [0.15, 0.2) is 41.1 Å². The molecule has 1 heterocycles. The van der Waals surface area contributed by atoms with E-state index in [2.05, 4.69) is 16.8 Å². The van der Waals surface area contributed by atoms with Gasteiger partial charge in [-0.1, -0.05) is 12.1 Å². The van der Waals surface area contributed by atoms with Gasteiger partial charge >= 0.3 is 0 Å². The van der Waals surface area contributed by atoms with Crippen molar-refractivity contribution in [2.24, 2.45) is 0 Å². The van der Waals surface area contributed by atoms with Crippen molar-refractivity contribution in [1.29, 1.82) is 0 Å². The van der Waals surface area contributed by atoms with Gasteiger partial charge in [0.15, 0.2) is 0 Å². The fraction of sp³-hybridized carbons (Fsp3) is 0.267. The summed E-state index contributed by atoms with van der Waals surface area (Å²) >= 11 is 1.67. The number of benzene rings is 1. The maximum absolute atomic E-state index is 11.7. The lowest BCUT2D eigenvalue weighted by Gasteiger charge is -2.05. The summed E-state index contributed by atoms with van der Waals surface area (Å²) in [6.45, 7) is 0.673. The molecule has 1 aromatic carbocycles. The molecule has 0 aliphatic heterocycles. The number of carbonyl (C=O) groups excluding carboxylic acids is 1. The van der Waals surface area contributed by atoms with Gasteiger partial charge in [0.05, 0.1) is 0 Å². The lowest BCUT2D eigenvalue weighted by Crippen LogP contribution is -2.25. The summed E-state index contributed by atoms with van der Waals surface area (Å²) in [7, 11) is 0. The first-order chi connectivity index (χ1) is 9.24. The molecule has 3 nitrogen and oxygen atoms in total. The maximum atomic E-state index is 11.7. The normalized spacial score (nSPS) is 10.3. The van der Waals surface area contributed by atoms with E-state index in [1.807, 2.05) is 29.6 Å². The van der Waals surface area contributed by atoms with Gasteiger partial charge < -0.3 is 11.1 Å². The Morgan fingerprint density at radius 2 is 1.89 bits per heavy atom. The monoisotopic (exact) mass is 274 g/mol. The van der Waals surface area contributed by atoms with E-state index in [1.165, 1.54) is 11.1 Å². The molecule has 0 bridgehead atoms. The number of hydrogen-bond acceptors (Lipinski definition) is 3. The summed E-state index contributed by atoms with van der Waals surface area (Å²) in [4.78, 5) is 11.7. The van der Waals surface area contributed by atoms with Crippen molar-refractivity contribution in [2.45, 2.75) is 19.3 Å². The highest BCUT2D eigenvalue weighted by atomic mass is 32.1. The Hall–Kier alpha value is -1.81. The van der Waals surface area contributed by atoms with Crippen LogP contribution >= 0.6 is 11.3 Å². The van der Waals surface area contributed by atoms with Gasteiger partial charge in [0.1, 0.15) is 0 Å². The highest BCUT2D eigenvalue weighted by Gasteiger charge is 2.02. The Kier molecular flexibility index (Phi) is 4.98. The molecule has 1 aromatic heterocycles. The number of hydrogen-bond donors (Lipinski definition) is 2. The van der Waals surface area contributed by atoms with Crippen LogP contribution in [0.1, 0.15) is 17.5 Å². The van der Waals surface area contributed by atoms with Gasteiger partial charge in [-0.05, 0) is 52.9 Å². The predicted molar refractivity (Wildman–Crippen MR) is 80.2 cm³/mol. The van der Waals surface area contributed by atoms with E-state index in [-0.39, 0.29) is 5.91 Å². The number of anilines is 1. The summed E-state index contributed by atoms with van der Waals surface area (Å²) in [6.07, 6.45) is 2.21. The lowest BCUT2D eigenvalue weighted by atomic mass is 10.1. The molecule has 100 valence electrons. The molecule has 0 atom stereocenters. The first kappa shape index (κ1) is 13.6.